The average molecular weight is 359 g/mol. The van der Waals surface area contributed by atoms with Crippen molar-refractivity contribution in [2.24, 2.45) is 7.05 Å². The van der Waals surface area contributed by atoms with Crippen molar-refractivity contribution < 1.29 is 4.57 Å². The maximum absolute atomic E-state index is 13.5. The average Bonchev–Trinajstić information content (AvgIpc) is 2.92. The first-order chi connectivity index (χ1) is 12.5. The number of thioether (sulfide) groups is 1. The van der Waals surface area contributed by atoms with Gasteiger partial charge in [-0.15, -0.1) is 11.8 Å². The van der Waals surface area contributed by atoms with Gasteiger partial charge in [0.1, 0.15) is 0 Å². The molecule has 0 spiro atoms. The maximum Gasteiger partial charge on any atom is 0.347 e. The minimum atomic E-state index is 0.0604. The van der Waals surface area contributed by atoms with Gasteiger partial charge in [-0.2, -0.15) is 4.40 Å². The third kappa shape index (κ3) is 1.80. The molecule has 0 aliphatic heterocycles. The van der Waals surface area contributed by atoms with Gasteiger partial charge in [0, 0.05) is 10.3 Å². The smallest absolute Gasteiger partial charge is 0.240 e. The van der Waals surface area contributed by atoms with Crippen LogP contribution in [-0.2, 0) is 7.05 Å². The number of rotatable bonds is 1. The normalized spacial score (nSPS) is 12.2. The molecule has 128 valence electrons. The molecule has 0 amide bonds. The van der Waals surface area contributed by atoms with Gasteiger partial charge in [-0.25, -0.2) is 9.36 Å². The second-order valence-electron chi connectivity index (χ2n) is 6.99. The molecule has 2 aromatic heterocycles. The molecule has 0 N–H and O–H groups in total. The summed E-state index contributed by atoms with van der Waals surface area (Å²) in [4.78, 5) is 14.7. The molecular formula is C22H19N2OS+. The van der Waals surface area contributed by atoms with Gasteiger partial charge in [-0.3, -0.25) is 0 Å². The fraction of sp³-hybridized carbons (Fsp3) is 0.182. The van der Waals surface area contributed by atoms with Crippen molar-refractivity contribution in [3.8, 4) is 0 Å². The largest absolute Gasteiger partial charge is 0.347 e. The SMILES string of the molecule is CSc1ccc2c3c1cccc3c(=O)n1c3cc(C)c(C)cc3[n+](C)c21. The topological polar surface area (TPSA) is 25.4 Å². The van der Waals surface area contributed by atoms with Crippen molar-refractivity contribution in [2.45, 2.75) is 18.7 Å². The Morgan fingerprint density at radius 1 is 0.962 bits per heavy atom. The van der Waals surface area contributed by atoms with Gasteiger partial charge in [-0.05, 0) is 66.9 Å². The summed E-state index contributed by atoms with van der Waals surface area (Å²) < 4.78 is 4.04. The summed E-state index contributed by atoms with van der Waals surface area (Å²) in [6.45, 7) is 4.22. The third-order valence-corrected chi connectivity index (χ3v) is 6.41. The lowest BCUT2D eigenvalue weighted by Gasteiger charge is -2.08. The number of nitrogens with zero attached hydrogens (tertiary/aromatic N) is 2. The Kier molecular flexibility index (Phi) is 3.13. The molecule has 26 heavy (non-hydrogen) atoms. The minimum absolute atomic E-state index is 0.0604. The zero-order valence-electron chi connectivity index (χ0n) is 15.3. The number of hydrogen-bond donors (Lipinski definition) is 0. The molecule has 3 aromatic carbocycles. The third-order valence-electron chi connectivity index (χ3n) is 5.62. The van der Waals surface area contributed by atoms with Crippen molar-refractivity contribution in [3.63, 3.8) is 0 Å². The van der Waals surface area contributed by atoms with E-state index in [1.807, 2.05) is 16.5 Å². The van der Waals surface area contributed by atoms with Crippen LogP contribution < -0.4 is 10.1 Å². The van der Waals surface area contributed by atoms with Gasteiger partial charge in [0.05, 0.1) is 17.8 Å². The van der Waals surface area contributed by atoms with Gasteiger partial charge in [-0.1, -0.05) is 12.1 Å². The Labute approximate surface area is 155 Å². The zero-order chi connectivity index (χ0) is 18.2. The predicted octanol–water partition coefficient (Wildman–Crippen LogP) is 4.36. The quantitative estimate of drug-likeness (QED) is 0.328. The summed E-state index contributed by atoms with van der Waals surface area (Å²) in [5.41, 5.74) is 5.53. The molecule has 0 bridgehead atoms. The van der Waals surface area contributed by atoms with E-state index in [2.05, 4.69) is 62.0 Å². The van der Waals surface area contributed by atoms with Crippen LogP contribution in [0.25, 0.3) is 38.2 Å². The molecule has 0 aliphatic carbocycles. The van der Waals surface area contributed by atoms with Crippen LogP contribution in [0.5, 0.6) is 0 Å². The van der Waals surface area contributed by atoms with E-state index < -0.39 is 0 Å². The predicted molar refractivity (Wildman–Crippen MR) is 110 cm³/mol. The van der Waals surface area contributed by atoms with Crippen LogP contribution in [0.3, 0.4) is 0 Å². The first kappa shape index (κ1) is 15.6. The second kappa shape index (κ2) is 5.21. The fourth-order valence-electron chi connectivity index (χ4n) is 4.16. The molecular weight excluding hydrogens is 340 g/mol. The molecule has 0 atom stereocenters. The highest BCUT2D eigenvalue weighted by molar-refractivity contribution is 7.98. The number of aryl methyl sites for hydroxylation is 3. The minimum Gasteiger partial charge on any atom is -0.240 e. The monoisotopic (exact) mass is 359 g/mol. The fourth-order valence-corrected chi connectivity index (χ4v) is 4.76. The van der Waals surface area contributed by atoms with Crippen LogP contribution in [0, 0.1) is 13.8 Å². The van der Waals surface area contributed by atoms with Gasteiger partial charge in [0.25, 0.3) is 5.65 Å². The van der Waals surface area contributed by atoms with E-state index >= 15 is 0 Å². The van der Waals surface area contributed by atoms with Gasteiger partial charge >= 0.3 is 5.56 Å². The summed E-state index contributed by atoms with van der Waals surface area (Å²) in [5.74, 6) is 0. The van der Waals surface area contributed by atoms with Crippen LogP contribution >= 0.6 is 11.8 Å². The molecule has 0 fully saturated rings. The molecule has 4 heteroatoms. The second-order valence-corrected chi connectivity index (χ2v) is 7.84. The molecule has 5 rings (SSSR count). The number of aromatic nitrogens is 2. The Morgan fingerprint density at radius 2 is 1.69 bits per heavy atom. The highest BCUT2D eigenvalue weighted by Gasteiger charge is 2.25. The Bertz CT molecular complexity index is 1420. The summed E-state index contributed by atoms with van der Waals surface area (Å²) in [7, 11) is 2.05. The molecule has 0 saturated carbocycles. The first-order valence-electron chi connectivity index (χ1n) is 8.69. The highest BCUT2D eigenvalue weighted by Crippen LogP contribution is 2.34. The van der Waals surface area contributed by atoms with E-state index in [0.717, 1.165) is 38.2 Å². The van der Waals surface area contributed by atoms with E-state index in [1.54, 1.807) is 11.8 Å². The Hall–Kier alpha value is -2.59. The Morgan fingerprint density at radius 3 is 2.46 bits per heavy atom. The summed E-state index contributed by atoms with van der Waals surface area (Å²) >= 11 is 1.72. The molecule has 3 nitrogen and oxygen atoms in total. The van der Waals surface area contributed by atoms with E-state index in [4.69, 9.17) is 0 Å². The molecule has 5 aromatic rings. The van der Waals surface area contributed by atoms with Crippen molar-refractivity contribution in [1.29, 1.82) is 0 Å². The van der Waals surface area contributed by atoms with E-state index in [-0.39, 0.29) is 5.56 Å². The molecule has 0 unspecified atom stereocenters. The molecule has 0 saturated heterocycles. The van der Waals surface area contributed by atoms with Crippen LogP contribution in [0.1, 0.15) is 11.1 Å². The highest BCUT2D eigenvalue weighted by atomic mass is 32.2. The van der Waals surface area contributed by atoms with E-state index in [1.165, 1.54) is 16.0 Å². The number of benzene rings is 3. The van der Waals surface area contributed by atoms with Gasteiger partial charge < -0.3 is 0 Å². The summed E-state index contributed by atoms with van der Waals surface area (Å²) in [6.07, 6.45) is 2.08. The lowest BCUT2D eigenvalue weighted by molar-refractivity contribution is -0.617. The summed E-state index contributed by atoms with van der Waals surface area (Å²) in [5, 5.41) is 4.15. The number of hydrogen-bond acceptors (Lipinski definition) is 2. The number of pyridine rings is 1. The van der Waals surface area contributed by atoms with Gasteiger partial charge in [0.2, 0.25) is 0 Å². The van der Waals surface area contributed by atoms with Crippen LogP contribution in [-0.4, -0.2) is 10.7 Å². The van der Waals surface area contributed by atoms with Crippen molar-refractivity contribution >= 4 is 50.0 Å². The first-order valence-corrected chi connectivity index (χ1v) is 9.92. The zero-order valence-corrected chi connectivity index (χ0v) is 16.1. The molecule has 0 radical (unpaired) electrons. The Balaban J connectivity index is 2.19. The van der Waals surface area contributed by atoms with Crippen LogP contribution in [0.2, 0.25) is 0 Å². The summed E-state index contributed by atoms with van der Waals surface area (Å²) in [6, 6.07) is 14.7. The van der Waals surface area contributed by atoms with E-state index in [9.17, 15) is 4.79 Å². The van der Waals surface area contributed by atoms with E-state index in [0.29, 0.717) is 0 Å². The number of fused-ring (bicyclic) bond motifs is 4. The molecule has 0 aliphatic rings. The van der Waals surface area contributed by atoms with Crippen molar-refractivity contribution in [3.05, 3.63) is 63.9 Å². The lowest BCUT2D eigenvalue weighted by atomic mass is 10.0. The van der Waals surface area contributed by atoms with Crippen LogP contribution in [0.15, 0.2) is 52.2 Å². The van der Waals surface area contributed by atoms with Crippen molar-refractivity contribution in [2.75, 3.05) is 6.26 Å². The van der Waals surface area contributed by atoms with Crippen LogP contribution in [0.4, 0.5) is 0 Å². The number of imidazole rings is 1. The van der Waals surface area contributed by atoms with Crippen molar-refractivity contribution in [1.82, 2.24) is 4.40 Å². The van der Waals surface area contributed by atoms with Gasteiger partial charge in [0.15, 0.2) is 11.0 Å². The maximum atomic E-state index is 13.5. The molecule has 2 heterocycles. The lowest BCUT2D eigenvalue weighted by Crippen LogP contribution is -2.29. The standard InChI is InChI=1S/C22H19N2OS/c1-12-10-17-18(11-13(12)2)24-21(23(17)3)15-8-9-19(26-4)14-6-5-7-16(20(14)15)22(24)25/h5-11H,1-4H3/q+1.